The maximum atomic E-state index is 2.24. The van der Waals surface area contributed by atoms with Gasteiger partial charge >= 0.3 is 267 Å². The third kappa shape index (κ3) is 17.4. The van der Waals surface area contributed by atoms with Crippen molar-refractivity contribution in [3.05, 3.63) is 182 Å². The number of benzene rings is 6. The van der Waals surface area contributed by atoms with Gasteiger partial charge in [0.15, 0.2) is 0 Å². The zero-order valence-electron chi connectivity index (χ0n) is 24.0. The number of hydrogen-bond acceptors (Lipinski definition) is 0. The third-order valence-electron chi connectivity index (χ3n) is 5.63. The van der Waals surface area contributed by atoms with Crippen molar-refractivity contribution in [3.8, 4) is 0 Å². The van der Waals surface area contributed by atoms with Crippen LogP contribution in [0.5, 0.6) is 0 Å². The summed E-state index contributed by atoms with van der Waals surface area (Å²) < 4.78 is 9.24. The van der Waals surface area contributed by atoms with Gasteiger partial charge < -0.3 is 0 Å². The fraction of sp³-hybridized carbons (Fsp3) is 0. The first-order valence-corrected chi connectivity index (χ1v) is 28.3. The summed E-state index contributed by atoms with van der Waals surface area (Å²) in [6.45, 7) is 0. The van der Waals surface area contributed by atoms with E-state index in [0.717, 1.165) is 0 Å². The first-order valence-electron chi connectivity index (χ1n) is 13.7. The Morgan fingerprint density at radius 3 is 0.488 bits per heavy atom. The molecule has 1 atom stereocenters. The molecule has 7 aromatic rings. The van der Waals surface area contributed by atoms with Gasteiger partial charge in [0.05, 0.1) is 0 Å². The maximum absolute atomic E-state index is 2.24. The van der Waals surface area contributed by atoms with Crippen LogP contribution in [0.15, 0.2) is 182 Å². The molecule has 0 aliphatic heterocycles. The van der Waals surface area contributed by atoms with E-state index < -0.39 is 63.4 Å². The van der Waals surface area contributed by atoms with Gasteiger partial charge in [0.25, 0.3) is 0 Å². The monoisotopic (exact) mass is 952 g/mol. The van der Waals surface area contributed by atoms with Crippen LogP contribution in [0.3, 0.4) is 0 Å². The van der Waals surface area contributed by atoms with Crippen LogP contribution in [-0.2, 0) is 0 Å². The molecule has 1 unspecified atom stereocenters. The zero-order valence-corrected chi connectivity index (χ0v) is 37.0. The second-order valence-electron chi connectivity index (χ2n) is 8.95. The summed E-state index contributed by atoms with van der Waals surface area (Å²) in [5, 5.41) is 0. The Hall–Kier alpha value is -0.954. The second kappa shape index (κ2) is 23.4. The Morgan fingerprint density at radius 2 is 0.372 bits per heavy atom. The van der Waals surface area contributed by atoms with E-state index in [1.807, 2.05) is 0 Å². The Labute approximate surface area is 296 Å². The predicted molar refractivity (Wildman–Crippen MR) is 210 cm³/mol. The Kier molecular flexibility index (Phi) is 19.9. The number of rotatable bonds is 6. The average Bonchev–Trinajstić information content (AvgIpc) is 3.95. The van der Waals surface area contributed by atoms with E-state index in [-0.39, 0.29) is 9.90 Å². The molecule has 0 aliphatic rings. The van der Waals surface area contributed by atoms with Gasteiger partial charge in [-0.05, 0) is 0 Å². The normalized spacial score (nSPS) is 10.0. The first kappa shape index (κ1) is 36.5. The molecule has 212 valence electrons. The summed E-state index contributed by atoms with van der Waals surface area (Å²) in [6.07, 6.45) is 0. The number of hydrogen-bond donors (Lipinski definition) is 0. The fourth-order valence-electron chi connectivity index (χ4n) is 3.63. The summed E-state index contributed by atoms with van der Waals surface area (Å²) in [5.74, 6) is 0. The minimum absolute atomic E-state index is 0. The van der Waals surface area contributed by atoms with Gasteiger partial charge in [-0.15, -0.1) is 0 Å². The van der Waals surface area contributed by atoms with Gasteiger partial charge in [0, 0.05) is 0 Å². The van der Waals surface area contributed by atoms with E-state index in [2.05, 4.69) is 182 Å². The van der Waals surface area contributed by atoms with Crippen molar-refractivity contribution in [1.29, 1.82) is 0 Å². The van der Waals surface area contributed by atoms with Gasteiger partial charge in [-0.1, -0.05) is 22.6 Å². The van der Waals surface area contributed by atoms with E-state index in [1.165, 1.54) is 44.1 Å². The molecule has 0 fully saturated rings. The fourth-order valence-corrected chi connectivity index (χ4v) is 12.6. The molecule has 43 heavy (non-hydrogen) atoms. The molecule has 7 heteroatoms. The molecule has 0 saturated heterocycles. The van der Waals surface area contributed by atoms with E-state index in [0.29, 0.717) is 0 Å². The summed E-state index contributed by atoms with van der Waals surface area (Å²) in [5.41, 5.74) is 0. The van der Waals surface area contributed by atoms with Crippen LogP contribution in [-0.4, -0.2) is 63.4 Å². The molecule has 0 N–H and O–H groups in total. The van der Waals surface area contributed by atoms with E-state index in [9.17, 15) is 0 Å². The van der Waals surface area contributed by atoms with Crippen LogP contribution in [0.25, 0.3) is 0 Å². The van der Waals surface area contributed by atoms with Crippen LogP contribution >= 0.6 is 32.5 Å². The van der Waals surface area contributed by atoms with Crippen molar-refractivity contribution in [2.45, 2.75) is 0 Å². The molecule has 0 saturated carbocycles. The summed E-state index contributed by atoms with van der Waals surface area (Å²) >= 11 is -1.55. The van der Waals surface area contributed by atoms with E-state index in [1.54, 1.807) is 0 Å². The van der Waals surface area contributed by atoms with Gasteiger partial charge in [-0.25, -0.2) is 0 Å². The predicted octanol–water partition coefficient (Wildman–Crippen LogP) is 5.86. The zero-order chi connectivity index (χ0) is 28.9. The first-order chi connectivity index (χ1) is 20.8. The average molecular weight is 949 g/mol. The molecule has 7 rings (SSSR count). The van der Waals surface area contributed by atoms with Gasteiger partial charge in [-0.3, -0.25) is 0 Å². The summed E-state index contributed by atoms with van der Waals surface area (Å²) in [4.78, 5) is 0. The standard InChI is InChI=1S/6C6H5.H3P3.H3P.3Sn/c6*1-2-4-6-5-3-1;1-2-3-1;;;;/h6*1-5H;1-3H;1H3;;;. The van der Waals surface area contributed by atoms with Crippen molar-refractivity contribution < 1.29 is 0 Å². The summed E-state index contributed by atoms with van der Waals surface area (Å²) in [6, 6.07) is 64.8. The van der Waals surface area contributed by atoms with Crippen molar-refractivity contribution in [2.75, 3.05) is 0 Å². The second-order valence-corrected chi connectivity index (χ2v) is 30.7. The molecule has 0 aliphatic carbocycles. The van der Waals surface area contributed by atoms with Crippen LogP contribution in [0.2, 0.25) is 0 Å². The van der Waals surface area contributed by atoms with Crippen molar-refractivity contribution in [1.82, 2.24) is 0 Å². The summed E-state index contributed by atoms with van der Waals surface area (Å²) in [7, 11) is 4.17. The quantitative estimate of drug-likeness (QED) is 0.145. The molecule has 0 bridgehead atoms. The van der Waals surface area contributed by atoms with E-state index in [4.69, 9.17) is 0 Å². The van der Waals surface area contributed by atoms with Crippen molar-refractivity contribution in [3.63, 3.8) is 0 Å². The molecule has 1 aromatic heterocycles. The topological polar surface area (TPSA) is 0 Å². The van der Waals surface area contributed by atoms with E-state index >= 15 is 0 Å². The Morgan fingerprint density at radius 1 is 0.233 bits per heavy atom. The molecular formula is C36H36P4Sn3. The molecule has 0 amide bonds. The van der Waals surface area contributed by atoms with Crippen molar-refractivity contribution in [2.24, 2.45) is 0 Å². The minimum atomic E-state index is -0.517. The molecule has 0 nitrogen and oxygen atoms in total. The molecular weight excluding hydrogens is 912 g/mol. The molecule has 0 spiro atoms. The Balaban J connectivity index is 0.000000166. The van der Waals surface area contributed by atoms with Crippen molar-refractivity contribution >= 4 is 117 Å². The molecule has 1 heterocycles. The van der Waals surface area contributed by atoms with Gasteiger partial charge in [-0.2, -0.15) is 9.90 Å². The SMILES string of the molecule is P.[pH]1[pH][pH]1.c1cc[c]([Sn][c]2ccccc2)cc1.c1cc[c]([Sn][c]2ccccc2)cc1.c1cc[c]([Sn][c]2ccccc2)cc1. The third-order valence-corrected chi connectivity index (χ3v) is 19.5. The van der Waals surface area contributed by atoms with Crippen LogP contribution in [0.1, 0.15) is 0 Å². The molecule has 6 radical (unpaired) electrons. The van der Waals surface area contributed by atoms with Crippen LogP contribution < -0.4 is 21.5 Å². The Bertz CT molecular complexity index is 1260. The van der Waals surface area contributed by atoms with Crippen LogP contribution in [0, 0.1) is 0 Å². The van der Waals surface area contributed by atoms with Gasteiger partial charge in [0.2, 0.25) is 0 Å². The molecule has 6 aromatic carbocycles. The van der Waals surface area contributed by atoms with Crippen LogP contribution in [0.4, 0.5) is 0 Å². The van der Waals surface area contributed by atoms with Gasteiger partial charge in [0.1, 0.15) is 0 Å².